The number of thiocyanates is 2. The van der Waals surface area contributed by atoms with Crippen molar-refractivity contribution in [2.75, 3.05) is 0 Å². The van der Waals surface area contributed by atoms with Crippen molar-refractivity contribution in [2.24, 2.45) is 0 Å². The molecule has 6 heteroatoms. The molecule has 8 heavy (non-hydrogen) atoms. The lowest BCUT2D eigenvalue weighted by molar-refractivity contribution is 1.57. The first-order chi connectivity index (χ1) is 3.91. The van der Waals surface area contributed by atoms with Crippen molar-refractivity contribution in [3.8, 4) is 10.8 Å². The van der Waals surface area contributed by atoms with Gasteiger partial charge in [-0.3, -0.25) is 0 Å². The van der Waals surface area contributed by atoms with Gasteiger partial charge in [-0.1, -0.05) is 0 Å². The smallest absolute Gasteiger partial charge is 0.145 e. The minimum absolute atomic E-state index is 1.06. The summed E-state index contributed by atoms with van der Waals surface area (Å²) in [5, 5.41) is 19.6. The minimum Gasteiger partial charge on any atom is -0.184 e. The van der Waals surface area contributed by atoms with Crippen molar-refractivity contribution in [3.63, 3.8) is 0 Å². The SMILES string of the molecule is N#CSSSSC#N. The zero-order valence-electron chi connectivity index (χ0n) is 3.53. The average molecular weight is 180 g/mol. The van der Waals surface area contributed by atoms with Gasteiger partial charge in [0.25, 0.3) is 0 Å². The summed E-state index contributed by atoms with van der Waals surface area (Å²) in [6.07, 6.45) is 0. The average Bonchev–Trinajstić information content (AvgIpc) is 1.81. The number of nitriles is 2. The quantitative estimate of drug-likeness (QED) is 0.378. The maximum absolute atomic E-state index is 7.95. The monoisotopic (exact) mass is 180 g/mol. The van der Waals surface area contributed by atoms with Gasteiger partial charge in [0, 0.05) is 41.2 Å². The van der Waals surface area contributed by atoms with Crippen molar-refractivity contribution < 1.29 is 0 Å². The van der Waals surface area contributed by atoms with Crippen LogP contribution in [0.1, 0.15) is 0 Å². The second-order valence-electron chi connectivity index (χ2n) is 0.485. The Balaban J connectivity index is 2.77. The van der Waals surface area contributed by atoms with Gasteiger partial charge < -0.3 is 0 Å². The van der Waals surface area contributed by atoms with Crippen molar-refractivity contribution in [1.82, 2.24) is 0 Å². The van der Waals surface area contributed by atoms with Crippen LogP contribution in [0.3, 0.4) is 0 Å². The molecule has 0 atom stereocenters. The van der Waals surface area contributed by atoms with Gasteiger partial charge in [0.15, 0.2) is 0 Å². The summed E-state index contributed by atoms with van der Waals surface area (Å²) >= 11 is 0. The Labute approximate surface area is 62.6 Å². The topological polar surface area (TPSA) is 47.6 Å². The maximum atomic E-state index is 7.95. The predicted octanol–water partition coefficient (Wildman–Crippen LogP) is 2.63. The van der Waals surface area contributed by atoms with Crippen LogP contribution in [0.15, 0.2) is 0 Å². The van der Waals surface area contributed by atoms with E-state index >= 15 is 0 Å². The highest BCUT2D eigenvalue weighted by molar-refractivity contribution is 9.27. The largest absolute Gasteiger partial charge is 0.184 e. The van der Waals surface area contributed by atoms with Crippen LogP contribution in [-0.4, -0.2) is 0 Å². The van der Waals surface area contributed by atoms with Crippen LogP contribution in [0.2, 0.25) is 0 Å². The zero-order chi connectivity index (χ0) is 6.24. The first-order valence-corrected chi connectivity index (χ1v) is 6.17. The number of rotatable bonds is 3. The standard InChI is InChI=1S/C2N2S4/c3-1-5-7-8-6-2-4. The molecule has 0 bridgehead atoms. The third-order valence-corrected chi connectivity index (χ3v) is 4.76. The highest BCUT2D eigenvalue weighted by Gasteiger charge is 1.86. The van der Waals surface area contributed by atoms with E-state index in [0.29, 0.717) is 0 Å². The Bertz CT molecular complexity index is 105. The van der Waals surface area contributed by atoms with Crippen molar-refractivity contribution in [1.29, 1.82) is 10.5 Å². The van der Waals surface area contributed by atoms with E-state index in [-0.39, 0.29) is 0 Å². The van der Waals surface area contributed by atoms with Crippen LogP contribution >= 0.6 is 41.2 Å². The first kappa shape index (κ1) is 8.38. The van der Waals surface area contributed by atoms with Gasteiger partial charge in [-0.15, -0.1) is 0 Å². The molecule has 0 N–H and O–H groups in total. The molecule has 0 aromatic carbocycles. The lowest BCUT2D eigenvalue weighted by Gasteiger charge is -1.79. The molecule has 0 saturated carbocycles. The molecule has 42 valence electrons. The van der Waals surface area contributed by atoms with Crippen molar-refractivity contribution in [2.45, 2.75) is 0 Å². The molecule has 0 unspecified atom stereocenters. The molecule has 0 saturated heterocycles. The molecule has 2 nitrogen and oxygen atoms in total. The van der Waals surface area contributed by atoms with Crippen LogP contribution in [-0.2, 0) is 0 Å². The summed E-state index contributed by atoms with van der Waals surface area (Å²) < 4.78 is 0. The molecule has 0 rings (SSSR count). The summed E-state index contributed by atoms with van der Waals surface area (Å²) in [5.74, 6) is 0. The molecule has 0 aromatic heterocycles. The van der Waals surface area contributed by atoms with Crippen LogP contribution in [0.5, 0.6) is 0 Å². The highest BCUT2D eigenvalue weighted by Crippen LogP contribution is 2.41. The minimum atomic E-state index is 1.06. The molecule has 0 radical (unpaired) electrons. The van der Waals surface area contributed by atoms with Crippen LogP contribution < -0.4 is 0 Å². The van der Waals surface area contributed by atoms with Crippen molar-refractivity contribution in [3.05, 3.63) is 0 Å². The lowest BCUT2D eigenvalue weighted by Crippen LogP contribution is -1.32. The summed E-state index contributed by atoms with van der Waals surface area (Å²) in [6.45, 7) is 0. The van der Waals surface area contributed by atoms with E-state index < -0.39 is 0 Å². The number of hydrogen-bond donors (Lipinski definition) is 0. The number of nitrogens with zero attached hydrogens (tertiary/aromatic N) is 2. The molecular weight excluding hydrogens is 180 g/mol. The van der Waals surface area contributed by atoms with E-state index in [1.807, 2.05) is 10.8 Å². The Hall–Kier alpha value is 0.380. The number of hydrogen-bond acceptors (Lipinski definition) is 6. The lowest BCUT2D eigenvalue weighted by atomic mass is 11.8. The molecule has 0 aliphatic rings. The van der Waals surface area contributed by atoms with Crippen LogP contribution in [0.4, 0.5) is 0 Å². The Morgan fingerprint density at radius 2 is 1.25 bits per heavy atom. The molecule has 0 aromatic rings. The van der Waals surface area contributed by atoms with E-state index in [1.54, 1.807) is 0 Å². The van der Waals surface area contributed by atoms with E-state index in [0.717, 1.165) is 21.6 Å². The molecule has 0 fully saturated rings. The maximum Gasteiger partial charge on any atom is 0.145 e. The summed E-state index contributed by atoms with van der Waals surface area (Å²) in [7, 11) is 4.70. The van der Waals surface area contributed by atoms with Gasteiger partial charge >= 0.3 is 0 Å². The third-order valence-electron chi connectivity index (χ3n) is 0.170. The molecule has 0 aliphatic heterocycles. The molecule has 0 amide bonds. The first-order valence-electron chi connectivity index (χ1n) is 1.36. The third kappa shape index (κ3) is 6.38. The summed E-state index contributed by atoms with van der Waals surface area (Å²) in [5.41, 5.74) is 0. The van der Waals surface area contributed by atoms with E-state index in [9.17, 15) is 0 Å². The highest BCUT2D eigenvalue weighted by atomic mass is 33.7. The van der Waals surface area contributed by atoms with Crippen LogP contribution in [0, 0.1) is 21.3 Å². The predicted molar refractivity (Wildman–Crippen MR) is 41.6 cm³/mol. The fourth-order valence-corrected chi connectivity index (χ4v) is 3.07. The second-order valence-corrected chi connectivity index (χ2v) is 5.72. The fourth-order valence-electron chi connectivity index (χ4n) is 0.0582. The Morgan fingerprint density at radius 3 is 1.50 bits per heavy atom. The normalized spacial score (nSPS) is 7.25. The Morgan fingerprint density at radius 1 is 0.875 bits per heavy atom. The summed E-state index contributed by atoms with van der Waals surface area (Å²) in [4.78, 5) is 0. The Kier molecular flexibility index (Phi) is 7.73. The van der Waals surface area contributed by atoms with Crippen molar-refractivity contribution >= 4 is 41.2 Å². The van der Waals surface area contributed by atoms with E-state index in [2.05, 4.69) is 0 Å². The molecule has 0 spiro atoms. The van der Waals surface area contributed by atoms with E-state index in [1.165, 1.54) is 19.7 Å². The fraction of sp³-hybridized carbons (Fsp3) is 0. The second kappa shape index (κ2) is 7.38. The van der Waals surface area contributed by atoms with Crippen LogP contribution in [0.25, 0.3) is 0 Å². The van der Waals surface area contributed by atoms with Gasteiger partial charge in [-0.25, -0.2) is 0 Å². The molecule has 0 aliphatic carbocycles. The molecule has 0 heterocycles. The van der Waals surface area contributed by atoms with Gasteiger partial charge in [0.1, 0.15) is 10.8 Å². The van der Waals surface area contributed by atoms with Gasteiger partial charge in [-0.2, -0.15) is 10.5 Å². The molecular formula is C2N2S4. The van der Waals surface area contributed by atoms with Gasteiger partial charge in [0.05, 0.1) is 0 Å². The van der Waals surface area contributed by atoms with Gasteiger partial charge in [-0.05, 0) is 0 Å². The zero-order valence-corrected chi connectivity index (χ0v) is 6.79. The summed E-state index contributed by atoms with van der Waals surface area (Å²) in [6, 6.07) is 0. The van der Waals surface area contributed by atoms with Gasteiger partial charge in [0.2, 0.25) is 0 Å². The van der Waals surface area contributed by atoms with E-state index in [4.69, 9.17) is 10.5 Å².